The van der Waals surface area contributed by atoms with Crippen LogP contribution in [0.1, 0.15) is 10.4 Å². The summed E-state index contributed by atoms with van der Waals surface area (Å²) in [6, 6.07) is 2.42. The number of phenolic OH excluding ortho intramolecular Hbond substituents is 1. The number of para-hydroxylation sites is 1. The van der Waals surface area contributed by atoms with Crippen LogP contribution in [0, 0.1) is 0 Å². The van der Waals surface area contributed by atoms with Crippen LogP contribution >= 0.6 is 15.9 Å². The van der Waals surface area contributed by atoms with Crippen LogP contribution in [0.5, 0.6) is 5.75 Å². The van der Waals surface area contributed by atoms with E-state index in [-0.39, 0.29) is 47.1 Å². The number of hydrogen-bond acceptors (Lipinski definition) is 7. The fraction of sp³-hybridized carbons (Fsp3) is 0.350. The van der Waals surface area contributed by atoms with Crippen molar-refractivity contribution in [1.82, 2.24) is 24.5 Å². The lowest BCUT2D eigenvalue weighted by atomic mass is 10.1. The molecule has 0 radical (unpaired) electrons. The number of carboxylic acid groups (broad SMARTS) is 1. The molecular weight excluding hydrogens is 516 g/mol. The number of nitrogens with zero attached hydrogens (tertiary/aromatic N) is 4. The number of benzene rings is 1. The molecule has 1 saturated heterocycles. The quantitative estimate of drug-likeness (QED) is 0.399. The van der Waals surface area contributed by atoms with Crippen LogP contribution in [0.4, 0.5) is 16.2 Å². The van der Waals surface area contributed by atoms with E-state index in [0.717, 1.165) is 9.58 Å². The van der Waals surface area contributed by atoms with Gasteiger partial charge in [-0.15, -0.1) is 0 Å². The average Bonchev–Trinajstić information content (AvgIpc) is 2.80. The molecule has 1 aliphatic rings. The number of rotatable bonds is 4. The molecule has 3 amide bonds. The number of aliphatic carboxylic acids is 1. The minimum Gasteiger partial charge on any atom is -0.505 e. The zero-order chi connectivity index (χ0) is 25.3. The van der Waals surface area contributed by atoms with Gasteiger partial charge in [0, 0.05) is 34.2 Å². The molecule has 0 spiro atoms. The number of nitrogens with one attached hydrogen (secondary N) is 2. The van der Waals surface area contributed by atoms with Crippen molar-refractivity contribution in [3.63, 3.8) is 0 Å². The Kier molecular flexibility index (Phi) is 7.00. The second-order valence-electron chi connectivity index (χ2n) is 7.80. The number of carbonyl (C=O) groups is 3. The molecule has 1 aliphatic heterocycles. The average molecular weight is 539 g/mol. The maximum atomic E-state index is 13.2. The highest BCUT2D eigenvalue weighted by atomic mass is 79.9. The number of aromatic amines is 1. The highest BCUT2D eigenvalue weighted by Gasteiger charge is 2.38. The molecule has 1 aromatic heterocycles. The van der Waals surface area contributed by atoms with E-state index < -0.39 is 34.8 Å². The molecule has 2 heterocycles. The predicted molar refractivity (Wildman–Crippen MR) is 125 cm³/mol. The van der Waals surface area contributed by atoms with Gasteiger partial charge in [-0.05, 0) is 28.1 Å². The number of hydrogen-bond donors (Lipinski definition) is 4. The SMILES string of the molecule is CN(C)C(=O)N1CCN(C(=O)c2cccc(Nc3c(Br)c(=O)n(C)[nH]c3=O)c2O)C(C(=O)O)C1. The minimum absolute atomic E-state index is 0.0430. The van der Waals surface area contributed by atoms with Crippen molar-refractivity contribution < 1.29 is 24.6 Å². The summed E-state index contributed by atoms with van der Waals surface area (Å²) in [5.74, 6) is -2.59. The van der Waals surface area contributed by atoms with Gasteiger partial charge in [-0.3, -0.25) is 24.2 Å². The van der Waals surface area contributed by atoms with Crippen molar-refractivity contribution >= 4 is 45.2 Å². The van der Waals surface area contributed by atoms with Crippen LogP contribution in [0.15, 0.2) is 32.3 Å². The summed E-state index contributed by atoms with van der Waals surface area (Å²) in [5, 5.41) is 25.4. The Morgan fingerprint density at radius 1 is 1.21 bits per heavy atom. The number of urea groups is 1. The lowest BCUT2D eigenvalue weighted by molar-refractivity contribution is -0.144. The van der Waals surface area contributed by atoms with Crippen molar-refractivity contribution in [2.45, 2.75) is 6.04 Å². The van der Waals surface area contributed by atoms with Gasteiger partial charge in [0.25, 0.3) is 17.0 Å². The normalized spacial score (nSPS) is 15.7. The van der Waals surface area contributed by atoms with Gasteiger partial charge in [0.15, 0.2) is 5.75 Å². The molecule has 2 aromatic rings. The molecule has 0 aliphatic carbocycles. The van der Waals surface area contributed by atoms with E-state index in [2.05, 4.69) is 26.3 Å². The largest absolute Gasteiger partial charge is 0.505 e. The summed E-state index contributed by atoms with van der Waals surface area (Å²) in [4.78, 5) is 65.4. The number of halogens is 1. The molecule has 1 unspecified atom stereocenters. The lowest BCUT2D eigenvalue weighted by Gasteiger charge is -2.40. The maximum absolute atomic E-state index is 13.2. The van der Waals surface area contributed by atoms with Crippen LogP contribution in [0.2, 0.25) is 0 Å². The summed E-state index contributed by atoms with van der Waals surface area (Å²) in [6.45, 7) is -0.167. The summed E-state index contributed by atoms with van der Waals surface area (Å²) in [5.41, 5.74) is -1.62. The molecule has 34 heavy (non-hydrogen) atoms. The van der Waals surface area contributed by atoms with E-state index in [1.54, 1.807) is 0 Å². The number of anilines is 2. The molecule has 1 aromatic carbocycles. The van der Waals surface area contributed by atoms with Crippen molar-refractivity contribution in [2.75, 3.05) is 39.0 Å². The van der Waals surface area contributed by atoms with Crippen molar-refractivity contribution in [3.05, 3.63) is 48.9 Å². The van der Waals surface area contributed by atoms with Gasteiger partial charge >= 0.3 is 12.0 Å². The van der Waals surface area contributed by atoms with Crippen LogP contribution in [0.3, 0.4) is 0 Å². The van der Waals surface area contributed by atoms with Crippen molar-refractivity contribution in [2.24, 2.45) is 7.05 Å². The number of carboxylic acids is 1. The third kappa shape index (κ3) is 4.62. The maximum Gasteiger partial charge on any atom is 0.328 e. The molecule has 0 bridgehead atoms. The fourth-order valence-corrected chi connectivity index (χ4v) is 4.07. The monoisotopic (exact) mass is 538 g/mol. The standard InChI is InChI=1S/C20H23BrN6O7/c1-24(2)20(34)26-7-8-27(12(9-26)19(32)33)17(30)10-5-4-6-11(15(10)28)22-14-13(21)18(31)25(3)23-16(14)29/h4-6,12,22,28H,7-9H2,1-3H3,(H,23,29)(H,32,33). The van der Waals surface area contributed by atoms with E-state index in [9.17, 15) is 34.2 Å². The number of aromatic nitrogens is 2. The zero-order valence-corrected chi connectivity index (χ0v) is 20.1. The molecular formula is C20H23BrN6O7. The van der Waals surface area contributed by atoms with Gasteiger partial charge in [0.2, 0.25) is 0 Å². The molecule has 14 heteroatoms. The second kappa shape index (κ2) is 9.59. The van der Waals surface area contributed by atoms with Gasteiger partial charge in [-0.25, -0.2) is 9.59 Å². The van der Waals surface area contributed by atoms with E-state index in [4.69, 9.17) is 0 Å². The zero-order valence-electron chi connectivity index (χ0n) is 18.5. The van der Waals surface area contributed by atoms with Gasteiger partial charge in [-0.1, -0.05) is 6.07 Å². The Labute approximate surface area is 201 Å². The predicted octanol–water partition coefficient (Wildman–Crippen LogP) is 0.178. The Balaban J connectivity index is 1.92. The van der Waals surface area contributed by atoms with Crippen LogP contribution in [-0.2, 0) is 11.8 Å². The number of aryl methyl sites for hydroxylation is 1. The third-order valence-corrected chi connectivity index (χ3v) is 6.05. The molecule has 4 N–H and O–H groups in total. The van der Waals surface area contributed by atoms with Crippen LogP contribution < -0.4 is 16.4 Å². The lowest BCUT2D eigenvalue weighted by Crippen LogP contribution is -2.60. The Morgan fingerprint density at radius 3 is 2.50 bits per heavy atom. The second-order valence-corrected chi connectivity index (χ2v) is 8.59. The Bertz CT molecular complexity index is 1270. The molecule has 1 fully saturated rings. The van der Waals surface area contributed by atoms with Gasteiger partial charge in [-0.2, -0.15) is 0 Å². The number of carbonyl (C=O) groups excluding carboxylic acids is 2. The first-order valence-electron chi connectivity index (χ1n) is 10.0. The number of phenols is 1. The fourth-order valence-electron chi connectivity index (χ4n) is 3.52. The summed E-state index contributed by atoms with van der Waals surface area (Å²) < 4.78 is 0.895. The topological polar surface area (TPSA) is 168 Å². The summed E-state index contributed by atoms with van der Waals surface area (Å²) in [6.07, 6.45) is 0. The van der Waals surface area contributed by atoms with Gasteiger partial charge in [0.05, 0.1) is 17.8 Å². The first-order chi connectivity index (χ1) is 15.9. The first-order valence-corrected chi connectivity index (χ1v) is 10.8. The molecule has 0 saturated carbocycles. The number of H-pyrrole nitrogens is 1. The number of amides is 3. The summed E-state index contributed by atoms with van der Waals surface area (Å²) in [7, 11) is 4.44. The summed E-state index contributed by atoms with van der Waals surface area (Å²) >= 11 is 3.05. The van der Waals surface area contributed by atoms with Gasteiger partial charge < -0.3 is 30.2 Å². The minimum atomic E-state index is -1.32. The van der Waals surface area contributed by atoms with Crippen molar-refractivity contribution in [1.29, 1.82) is 0 Å². The number of piperazine rings is 1. The van der Waals surface area contributed by atoms with Crippen molar-refractivity contribution in [3.8, 4) is 5.75 Å². The van der Waals surface area contributed by atoms with E-state index in [1.165, 1.54) is 49.1 Å². The van der Waals surface area contributed by atoms with Crippen LogP contribution in [0.25, 0.3) is 0 Å². The highest BCUT2D eigenvalue weighted by molar-refractivity contribution is 9.10. The van der Waals surface area contributed by atoms with Gasteiger partial charge in [0.1, 0.15) is 16.2 Å². The first kappa shape index (κ1) is 24.8. The smallest absolute Gasteiger partial charge is 0.328 e. The van der Waals surface area contributed by atoms with E-state index in [1.807, 2.05) is 0 Å². The Morgan fingerprint density at radius 2 is 1.88 bits per heavy atom. The van der Waals surface area contributed by atoms with Crippen LogP contribution in [-0.4, -0.2) is 92.4 Å². The highest BCUT2D eigenvalue weighted by Crippen LogP contribution is 2.32. The Hall–Kier alpha value is -3.81. The third-order valence-electron chi connectivity index (χ3n) is 5.31. The molecule has 13 nitrogen and oxygen atoms in total. The molecule has 3 rings (SSSR count). The number of aromatic hydroxyl groups is 1. The molecule has 182 valence electrons. The van der Waals surface area contributed by atoms with E-state index in [0.29, 0.717) is 0 Å². The molecule has 1 atom stereocenters. The van der Waals surface area contributed by atoms with E-state index >= 15 is 0 Å².